The van der Waals surface area contributed by atoms with Crippen LogP contribution in [0.2, 0.25) is 0 Å². The number of piperidine rings is 1. The molecule has 0 aromatic heterocycles. The van der Waals surface area contributed by atoms with Crippen molar-refractivity contribution in [1.82, 2.24) is 4.90 Å². The summed E-state index contributed by atoms with van der Waals surface area (Å²) in [5, 5.41) is 8.82. The maximum absolute atomic E-state index is 12.3. The minimum absolute atomic E-state index is 0.0967. The lowest BCUT2D eigenvalue weighted by Crippen LogP contribution is -2.38. The first-order chi connectivity index (χ1) is 8.22. The van der Waals surface area contributed by atoms with E-state index in [4.69, 9.17) is 5.26 Å². The van der Waals surface area contributed by atoms with E-state index in [-0.39, 0.29) is 11.8 Å². The van der Waals surface area contributed by atoms with Gasteiger partial charge in [0.05, 0.1) is 6.07 Å². The lowest BCUT2D eigenvalue weighted by molar-refractivity contribution is 0.0706. The van der Waals surface area contributed by atoms with Crippen molar-refractivity contribution in [1.29, 1.82) is 5.26 Å². The molecule has 0 bridgehead atoms. The summed E-state index contributed by atoms with van der Waals surface area (Å²) in [7, 11) is 0. The van der Waals surface area contributed by atoms with Crippen LogP contribution in [0.5, 0.6) is 0 Å². The first kappa shape index (κ1) is 11.7. The lowest BCUT2D eigenvalue weighted by Gasteiger charge is -2.29. The summed E-state index contributed by atoms with van der Waals surface area (Å²) in [5.41, 5.74) is 1.79. The normalized spacial score (nSPS) is 16.6. The van der Waals surface area contributed by atoms with Crippen LogP contribution in [0.15, 0.2) is 24.3 Å². The number of benzene rings is 1. The number of hydrogen-bond acceptors (Lipinski definition) is 2. The number of carbonyl (C=O) groups excluding carboxylic acids is 1. The maximum Gasteiger partial charge on any atom is 0.254 e. The molecule has 1 fully saturated rings. The molecule has 88 valence electrons. The van der Waals surface area contributed by atoms with Gasteiger partial charge in [-0.1, -0.05) is 18.2 Å². The topological polar surface area (TPSA) is 44.1 Å². The van der Waals surface area contributed by atoms with Gasteiger partial charge in [0.15, 0.2) is 0 Å². The second kappa shape index (κ2) is 5.01. The summed E-state index contributed by atoms with van der Waals surface area (Å²) in [6, 6.07) is 9.93. The van der Waals surface area contributed by atoms with Crippen LogP contribution in [0.25, 0.3) is 0 Å². The number of hydrogen-bond donors (Lipinski definition) is 0. The van der Waals surface area contributed by atoms with Crippen LogP contribution in [-0.2, 0) is 0 Å². The fourth-order valence-electron chi connectivity index (χ4n) is 2.19. The molecule has 1 aliphatic rings. The van der Waals surface area contributed by atoms with Gasteiger partial charge in [-0.05, 0) is 31.4 Å². The average Bonchev–Trinajstić information content (AvgIpc) is 2.39. The van der Waals surface area contributed by atoms with Gasteiger partial charge in [0.25, 0.3) is 5.91 Å². The molecule has 1 aromatic rings. The van der Waals surface area contributed by atoms with Gasteiger partial charge in [-0.2, -0.15) is 5.26 Å². The van der Waals surface area contributed by atoms with E-state index in [9.17, 15) is 4.79 Å². The Labute approximate surface area is 102 Å². The van der Waals surface area contributed by atoms with E-state index in [2.05, 4.69) is 6.07 Å². The molecule has 0 saturated carbocycles. The van der Waals surface area contributed by atoms with Crippen molar-refractivity contribution in [3.63, 3.8) is 0 Å². The number of carbonyl (C=O) groups is 1. The molecular formula is C14H16N2O. The molecule has 0 spiro atoms. The van der Waals surface area contributed by atoms with Crippen LogP contribution in [0, 0.1) is 24.2 Å². The van der Waals surface area contributed by atoms with Gasteiger partial charge in [-0.3, -0.25) is 4.79 Å². The van der Waals surface area contributed by atoms with Gasteiger partial charge < -0.3 is 4.90 Å². The zero-order valence-corrected chi connectivity index (χ0v) is 10.0. The molecular weight excluding hydrogens is 212 g/mol. The SMILES string of the molecule is Cc1ccccc1C(=O)N1CCC(C#N)CC1. The van der Waals surface area contributed by atoms with Crippen LogP contribution >= 0.6 is 0 Å². The highest BCUT2D eigenvalue weighted by atomic mass is 16.2. The maximum atomic E-state index is 12.3. The second-order valence-electron chi connectivity index (χ2n) is 4.51. The molecule has 1 aromatic carbocycles. The van der Waals surface area contributed by atoms with Crippen molar-refractivity contribution in [3.8, 4) is 6.07 Å². The van der Waals surface area contributed by atoms with Crippen LogP contribution < -0.4 is 0 Å². The molecule has 0 radical (unpaired) electrons. The lowest BCUT2D eigenvalue weighted by atomic mass is 9.97. The standard InChI is InChI=1S/C14H16N2O/c1-11-4-2-3-5-13(11)14(17)16-8-6-12(10-15)7-9-16/h2-5,12H,6-9H2,1H3. The molecule has 1 saturated heterocycles. The Kier molecular flexibility index (Phi) is 3.43. The minimum atomic E-state index is 0.0967. The number of aryl methyl sites for hydroxylation is 1. The summed E-state index contributed by atoms with van der Waals surface area (Å²) in [5.74, 6) is 0.218. The van der Waals surface area contributed by atoms with E-state index >= 15 is 0 Å². The fourth-order valence-corrected chi connectivity index (χ4v) is 2.19. The fraction of sp³-hybridized carbons (Fsp3) is 0.429. The van der Waals surface area contributed by atoms with E-state index in [1.54, 1.807) is 0 Å². The molecule has 1 aliphatic heterocycles. The summed E-state index contributed by atoms with van der Waals surface area (Å²) < 4.78 is 0. The van der Waals surface area contributed by atoms with E-state index < -0.39 is 0 Å². The molecule has 0 N–H and O–H groups in total. The van der Waals surface area contributed by atoms with Crippen molar-refractivity contribution in [2.45, 2.75) is 19.8 Å². The zero-order chi connectivity index (χ0) is 12.3. The number of nitriles is 1. The molecule has 3 nitrogen and oxygen atoms in total. The molecule has 2 rings (SSSR count). The minimum Gasteiger partial charge on any atom is -0.339 e. The molecule has 0 aliphatic carbocycles. The third-order valence-electron chi connectivity index (χ3n) is 3.34. The van der Waals surface area contributed by atoms with E-state index in [0.29, 0.717) is 13.1 Å². The third-order valence-corrected chi connectivity index (χ3v) is 3.34. The zero-order valence-electron chi connectivity index (χ0n) is 10.0. The smallest absolute Gasteiger partial charge is 0.254 e. The van der Waals surface area contributed by atoms with Crippen LogP contribution in [0.3, 0.4) is 0 Å². The number of nitrogens with zero attached hydrogens (tertiary/aromatic N) is 2. The average molecular weight is 228 g/mol. The van der Waals surface area contributed by atoms with Crippen LogP contribution in [-0.4, -0.2) is 23.9 Å². The van der Waals surface area contributed by atoms with Gasteiger partial charge in [-0.15, -0.1) is 0 Å². The van der Waals surface area contributed by atoms with E-state index in [1.165, 1.54) is 0 Å². The second-order valence-corrected chi connectivity index (χ2v) is 4.51. The van der Waals surface area contributed by atoms with Gasteiger partial charge in [0.2, 0.25) is 0 Å². The van der Waals surface area contributed by atoms with Gasteiger partial charge in [-0.25, -0.2) is 0 Å². The first-order valence-electron chi connectivity index (χ1n) is 5.97. The van der Waals surface area contributed by atoms with Crippen molar-refractivity contribution >= 4 is 5.91 Å². The quantitative estimate of drug-likeness (QED) is 0.740. The predicted octanol–water partition coefficient (Wildman–Crippen LogP) is 2.37. The van der Waals surface area contributed by atoms with Crippen molar-refractivity contribution in [3.05, 3.63) is 35.4 Å². The molecule has 3 heteroatoms. The number of rotatable bonds is 1. The highest BCUT2D eigenvalue weighted by Crippen LogP contribution is 2.19. The van der Waals surface area contributed by atoms with Gasteiger partial charge in [0, 0.05) is 24.6 Å². The molecule has 0 atom stereocenters. The summed E-state index contributed by atoms with van der Waals surface area (Å²) in [6.07, 6.45) is 1.60. The summed E-state index contributed by atoms with van der Waals surface area (Å²) in [6.45, 7) is 3.35. The Morgan fingerprint density at radius 2 is 2.00 bits per heavy atom. The summed E-state index contributed by atoms with van der Waals surface area (Å²) >= 11 is 0. The Bertz CT molecular complexity index is 454. The van der Waals surface area contributed by atoms with E-state index in [1.807, 2.05) is 36.1 Å². The molecule has 1 amide bonds. The predicted molar refractivity (Wildman–Crippen MR) is 65.4 cm³/mol. The summed E-state index contributed by atoms with van der Waals surface area (Å²) in [4.78, 5) is 14.1. The van der Waals surface area contributed by atoms with Gasteiger partial charge in [0.1, 0.15) is 0 Å². The van der Waals surface area contributed by atoms with Crippen LogP contribution in [0.4, 0.5) is 0 Å². The highest BCUT2D eigenvalue weighted by Gasteiger charge is 2.23. The van der Waals surface area contributed by atoms with Crippen LogP contribution in [0.1, 0.15) is 28.8 Å². The molecule has 0 unspecified atom stereocenters. The van der Waals surface area contributed by atoms with Crippen molar-refractivity contribution < 1.29 is 4.79 Å². The van der Waals surface area contributed by atoms with Gasteiger partial charge >= 0.3 is 0 Å². The molecule has 1 heterocycles. The largest absolute Gasteiger partial charge is 0.339 e. The first-order valence-corrected chi connectivity index (χ1v) is 5.97. The van der Waals surface area contributed by atoms with Crippen molar-refractivity contribution in [2.75, 3.05) is 13.1 Å². The Hall–Kier alpha value is -1.82. The Morgan fingerprint density at radius 3 is 2.59 bits per heavy atom. The molecule has 17 heavy (non-hydrogen) atoms. The van der Waals surface area contributed by atoms with E-state index in [0.717, 1.165) is 24.0 Å². The Balaban J connectivity index is 2.08. The Morgan fingerprint density at radius 1 is 1.35 bits per heavy atom. The highest BCUT2D eigenvalue weighted by molar-refractivity contribution is 5.95. The third kappa shape index (κ3) is 2.47. The number of amides is 1. The monoisotopic (exact) mass is 228 g/mol. The van der Waals surface area contributed by atoms with Crippen molar-refractivity contribution in [2.24, 2.45) is 5.92 Å². The number of likely N-dealkylation sites (tertiary alicyclic amines) is 1.